The molecule has 6 N–H and O–H groups in total. The van der Waals surface area contributed by atoms with Crippen molar-refractivity contribution < 1.29 is 10.2 Å². The van der Waals surface area contributed by atoms with E-state index in [1.54, 1.807) is 6.07 Å². The number of aryl methyl sites for hydroxylation is 1. The molecule has 1 aliphatic rings. The van der Waals surface area contributed by atoms with Crippen LogP contribution in [0.15, 0.2) is 47.8 Å². The third kappa shape index (κ3) is 4.53. The molecule has 0 aromatic heterocycles. The Hall–Kier alpha value is -2.40. The fourth-order valence-electron chi connectivity index (χ4n) is 2.52. The number of aromatic hydroxyl groups is 1. The van der Waals surface area contributed by atoms with E-state index < -0.39 is 0 Å². The zero-order chi connectivity index (χ0) is 17.0. The normalized spacial score (nSPS) is 16.3. The highest BCUT2D eigenvalue weighted by Crippen LogP contribution is 2.32. The fourth-order valence-corrected chi connectivity index (χ4v) is 2.52. The maximum Gasteiger partial charge on any atom is 0.120 e. The molecule has 1 aliphatic carbocycles. The largest absolute Gasteiger partial charge is 0.508 e. The molecule has 0 unspecified atom stereocenters. The van der Waals surface area contributed by atoms with Crippen LogP contribution in [0.3, 0.4) is 0 Å². The number of aliphatic hydroxyl groups is 1. The summed E-state index contributed by atoms with van der Waals surface area (Å²) in [5.74, 6) is 0.215. The van der Waals surface area contributed by atoms with Crippen molar-refractivity contribution >= 4 is 11.4 Å². The molecule has 1 aromatic carbocycles. The Bertz CT molecular complexity index is 673. The Morgan fingerprint density at radius 1 is 1.13 bits per heavy atom. The van der Waals surface area contributed by atoms with Crippen molar-refractivity contribution in [2.75, 3.05) is 23.8 Å². The van der Waals surface area contributed by atoms with E-state index in [1.165, 1.54) is 0 Å². The molecule has 5 heteroatoms. The van der Waals surface area contributed by atoms with Crippen molar-refractivity contribution in [1.82, 2.24) is 0 Å². The Morgan fingerprint density at radius 3 is 2.57 bits per heavy atom. The van der Waals surface area contributed by atoms with Crippen LogP contribution in [0.25, 0.3) is 0 Å². The number of benzene rings is 1. The Labute approximate surface area is 137 Å². The van der Waals surface area contributed by atoms with Gasteiger partial charge in [-0.3, -0.25) is 0 Å². The summed E-state index contributed by atoms with van der Waals surface area (Å²) < 4.78 is 0. The lowest BCUT2D eigenvalue weighted by molar-refractivity contribution is 0.311. The first-order valence-electron chi connectivity index (χ1n) is 7.65. The van der Waals surface area contributed by atoms with Crippen molar-refractivity contribution in [2.24, 2.45) is 11.1 Å². The molecule has 0 atom stereocenters. The van der Waals surface area contributed by atoms with E-state index in [0.717, 1.165) is 28.3 Å². The first kappa shape index (κ1) is 17.0. The highest BCUT2D eigenvalue weighted by atomic mass is 16.3. The van der Waals surface area contributed by atoms with Gasteiger partial charge in [0, 0.05) is 29.4 Å². The maximum absolute atomic E-state index is 9.91. The van der Waals surface area contributed by atoms with E-state index >= 15 is 0 Å². The number of nitrogens with one attached hydrogen (secondary N) is 2. The minimum atomic E-state index is -0.166. The van der Waals surface area contributed by atoms with E-state index in [1.807, 2.05) is 31.2 Å². The predicted octanol–water partition coefficient (Wildman–Crippen LogP) is 2.84. The van der Waals surface area contributed by atoms with Crippen LogP contribution in [0, 0.1) is 12.3 Å². The van der Waals surface area contributed by atoms with Crippen LogP contribution < -0.4 is 16.4 Å². The molecule has 1 aromatic rings. The van der Waals surface area contributed by atoms with E-state index in [9.17, 15) is 5.11 Å². The third-order valence-electron chi connectivity index (χ3n) is 3.56. The minimum Gasteiger partial charge on any atom is -0.508 e. The van der Waals surface area contributed by atoms with Crippen LogP contribution in [0.1, 0.15) is 19.4 Å². The quantitative estimate of drug-likeness (QED) is 0.539. The van der Waals surface area contributed by atoms with Gasteiger partial charge in [0.2, 0.25) is 0 Å². The average molecular weight is 315 g/mol. The Balaban J connectivity index is 2.34. The highest BCUT2D eigenvalue weighted by Gasteiger charge is 2.16. The van der Waals surface area contributed by atoms with Crippen LogP contribution in [0.5, 0.6) is 5.75 Å². The summed E-state index contributed by atoms with van der Waals surface area (Å²) in [7, 11) is 0. The molecule has 0 spiro atoms. The van der Waals surface area contributed by atoms with Gasteiger partial charge in [-0.2, -0.15) is 0 Å². The molecule has 0 amide bonds. The summed E-state index contributed by atoms with van der Waals surface area (Å²) in [6.07, 6.45) is 7.90. The minimum absolute atomic E-state index is 0.0180. The molecule has 23 heavy (non-hydrogen) atoms. The topological polar surface area (TPSA) is 90.5 Å². The Morgan fingerprint density at radius 2 is 1.87 bits per heavy atom. The van der Waals surface area contributed by atoms with Crippen LogP contribution in [0.4, 0.5) is 11.4 Å². The van der Waals surface area contributed by atoms with Gasteiger partial charge >= 0.3 is 0 Å². The molecule has 0 saturated heterocycles. The highest BCUT2D eigenvalue weighted by molar-refractivity contribution is 5.74. The van der Waals surface area contributed by atoms with Crippen molar-refractivity contribution in [3.63, 3.8) is 0 Å². The van der Waals surface area contributed by atoms with Crippen molar-refractivity contribution in [1.29, 1.82) is 0 Å². The molecule has 0 radical (unpaired) electrons. The third-order valence-corrected chi connectivity index (χ3v) is 3.56. The lowest BCUT2D eigenvalue weighted by atomic mass is 9.92. The molecular weight excluding hydrogens is 290 g/mol. The van der Waals surface area contributed by atoms with E-state index in [4.69, 9.17) is 10.8 Å². The monoisotopic (exact) mass is 315 g/mol. The number of aliphatic hydroxyl groups excluding tert-OH is 1. The van der Waals surface area contributed by atoms with Crippen LogP contribution >= 0.6 is 0 Å². The maximum atomic E-state index is 9.91. The molecule has 0 bridgehead atoms. The molecule has 0 aliphatic heterocycles. The van der Waals surface area contributed by atoms with Crippen LogP contribution in [-0.4, -0.2) is 23.4 Å². The molecule has 0 fully saturated rings. The van der Waals surface area contributed by atoms with Gasteiger partial charge in [-0.25, -0.2) is 0 Å². The lowest BCUT2D eigenvalue weighted by Gasteiger charge is -2.19. The zero-order valence-electron chi connectivity index (χ0n) is 13.9. The van der Waals surface area contributed by atoms with Gasteiger partial charge in [0.15, 0.2) is 0 Å². The summed E-state index contributed by atoms with van der Waals surface area (Å²) in [5, 5.41) is 25.4. The summed E-state index contributed by atoms with van der Waals surface area (Å²) in [5.41, 5.74) is 9.77. The fraction of sp³-hybridized carbons (Fsp3) is 0.333. The second kappa shape index (κ2) is 6.79. The average Bonchev–Trinajstić information content (AvgIpc) is 2.58. The van der Waals surface area contributed by atoms with Crippen molar-refractivity contribution in [2.45, 2.75) is 20.8 Å². The number of nitrogens with two attached hydrogens (primary N) is 1. The summed E-state index contributed by atoms with van der Waals surface area (Å²) in [4.78, 5) is 0. The summed E-state index contributed by atoms with van der Waals surface area (Å²) >= 11 is 0. The van der Waals surface area contributed by atoms with Gasteiger partial charge in [0.05, 0.1) is 18.0 Å². The van der Waals surface area contributed by atoms with E-state index in [0.29, 0.717) is 6.54 Å². The van der Waals surface area contributed by atoms with Gasteiger partial charge in [-0.1, -0.05) is 26.0 Å². The Kier molecular flexibility index (Phi) is 5.01. The van der Waals surface area contributed by atoms with Gasteiger partial charge in [0.25, 0.3) is 0 Å². The number of anilines is 2. The van der Waals surface area contributed by atoms with Crippen molar-refractivity contribution in [3.8, 4) is 5.75 Å². The van der Waals surface area contributed by atoms with E-state index in [-0.39, 0.29) is 17.8 Å². The van der Waals surface area contributed by atoms with Gasteiger partial charge in [-0.05, 0) is 30.7 Å². The van der Waals surface area contributed by atoms with E-state index in [2.05, 4.69) is 30.6 Å². The molecule has 0 heterocycles. The molecular formula is C18H25N3O2. The molecule has 0 saturated carbocycles. The molecule has 2 rings (SSSR count). The lowest BCUT2D eigenvalue weighted by Crippen LogP contribution is -2.10. The van der Waals surface area contributed by atoms with Crippen molar-refractivity contribution in [3.05, 3.63) is 53.4 Å². The summed E-state index contributed by atoms with van der Waals surface area (Å²) in [6.45, 7) is 6.44. The second-order valence-electron chi connectivity index (χ2n) is 6.36. The number of phenols is 1. The SMILES string of the molecule is Cc1cc(NC2=CC(C)(C)C=C(N)C=C2)c(NCCO)cc1O. The standard InChI is InChI=1S/C18H25N3O2/c1-12-8-16(15(9-17(12)23)20-6-7-22)21-14-5-4-13(19)10-18(2,3)11-14/h4-5,8-11,20-23H,6-7,19H2,1-3H3. The van der Waals surface area contributed by atoms with Gasteiger partial charge in [0.1, 0.15) is 5.75 Å². The molecule has 124 valence electrons. The summed E-state index contributed by atoms with van der Waals surface area (Å²) in [6, 6.07) is 3.53. The number of allylic oxidation sites excluding steroid dienone is 4. The van der Waals surface area contributed by atoms with Gasteiger partial charge < -0.3 is 26.6 Å². The second-order valence-corrected chi connectivity index (χ2v) is 6.36. The number of hydrogen-bond donors (Lipinski definition) is 5. The first-order chi connectivity index (χ1) is 10.8. The number of rotatable bonds is 5. The predicted molar refractivity (Wildman–Crippen MR) is 95.3 cm³/mol. The first-order valence-corrected chi connectivity index (χ1v) is 7.65. The smallest absolute Gasteiger partial charge is 0.120 e. The molecule has 5 nitrogen and oxygen atoms in total. The number of hydrogen-bond acceptors (Lipinski definition) is 5. The van der Waals surface area contributed by atoms with Crippen LogP contribution in [-0.2, 0) is 0 Å². The zero-order valence-corrected chi connectivity index (χ0v) is 13.9. The van der Waals surface area contributed by atoms with Crippen LogP contribution in [0.2, 0.25) is 0 Å². The number of phenolic OH excluding ortho intramolecular Hbond substituents is 1. The van der Waals surface area contributed by atoms with Gasteiger partial charge in [-0.15, -0.1) is 0 Å².